The van der Waals surface area contributed by atoms with Gasteiger partial charge in [-0.15, -0.1) is 0 Å². The summed E-state index contributed by atoms with van der Waals surface area (Å²) < 4.78 is 0. The van der Waals surface area contributed by atoms with Crippen molar-refractivity contribution < 1.29 is 0 Å². The van der Waals surface area contributed by atoms with Crippen LogP contribution in [0.5, 0.6) is 0 Å². The lowest BCUT2D eigenvalue weighted by Gasteiger charge is -1.60. The van der Waals surface area contributed by atoms with Gasteiger partial charge >= 0.3 is 0 Å². The molecule has 0 aromatic rings. The average molecular weight is 114 g/mol. The van der Waals surface area contributed by atoms with E-state index in [0.29, 0.717) is 0 Å². The molecule has 50 valence electrons. The van der Waals surface area contributed by atoms with Gasteiger partial charge in [0.05, 0.1) is 0 Å². The first-order valence-corrected chi connectivity index (χ1v) is 3.97. The number of fused-ring (bicyclic) bond motifs is 1. The van der Waals surface area contributed by atoms with E-state index >= 15 is 0 Å². The summed E-state index contributed by atoms with van der Waals surface area (Å²) in [4.78, 5) is 0. The zero-order valence-electron chi connectivity index (χ0n) is 6.57. The number of hydrogen-bond acceptors (Lipinski definition) is 0. The Morgan fingerprint density at radius 1 is 0.750 bits per heavy atom. The van der Waals surface area contributed by atoms with Gasteiger partial charge in [0.1, 0.15) is 0 Å². The molecule has 0 saturated heterocycles. The fraction of sp³-hybridized carbons (Fsp3) is 1.00. The van der Waals surface area contributed by atoms with Crippen LogP contribution in [-0.4, -0.2) is 0 Å². The molecule has 0 bridgehead atoms. The van der Waals surface area contributed by atoms with E-state index in [2.05, 4.69) is 0 Å². The summed E-state index contributed by atoms with van der Waals surface area (Å²) in [7, 11) is 0. The van der Waals surface area contributed by atoms with Crippen molar-refractivity contribution >= 4 is 0 Å². The SMILES string of the molecule is C1C2CC12.CC.CC. The highest BCUT2D eigenvalue weighted by molar-refractivity contribution is 5.02. The molecule has 0 heterocycles. The minimum Gasteiger partial charge on any atom is -0.0683 e. The van der Waals surface area contributed by atoms with Gasteiger partial charge in [0.25, 0.3) is 0 Å². The second kappa shape index (κ2) is 3.94. The fourth-order valence-corrected chi connectivity index (χ4v) is 0.552. The Labute approximate surface area is 53.3 Å². The molecule has 0 unspecified atom stereocenters. The molecule has 2 aliphatic rings. The number of hydrogen-bond donors (Lipinski definition) is 0. The summed E-state index contributed by atoms with van der Waals surface area (Å²) >= 11 is 0. The lowest BCUT2D eigenvalue weighted by atomic mass is 10.5. The molecule has 8 heavy (non-hydrogen) atoms. The zero-order valence-corrected chi connectivity index (χ0v) is 6.57. The Morgan fingerprint density at radius 2 is 0.875 bits per heavy atom. The largest absolute Gasteiger partial charge is 0.0683 e. The molecule has 0 aromatic carbocycles. The van der Waals surface area contributed by atoms with E-state index in [1.54, 1.807) is 12.8 Å². The van der Waals surface area contributed by atoms with Gasteiger partial charge in [-0.1, -0.05) is 27.7 Å². The summed E-state index contributed by atoms with van der Waals surface area (Å²) in [6, 6.07) is 0. The maximum Gasteiger partial charge on any atom is -0.0380 e. The van der Waals surface area contributed by atoms with Crippen molar-refractivity contribution in [1.82, 2.24) is 0 Å². The first-order valence-electron chi connectivity index (χ1n) is 3.97. The third-order valence-corrected chi connectivity index (χ3v) is 1.47. The van der Waals surface area contributed by atoms with Crippen molar-refractivity contribution in [3.8, 4) is 0 Å². The summed E-state index contributed by atoms with van der Waals surface area (Å²) in [5.41, 5.74) is 0. The summed E-state index contributed by atoms with van der Waals surface area (Å²) in [5.74, 6) is 2.50. The molecule has 0 aliphatic heterocycles. The molecule has 0 radical (unpaired) electrons. The normalized spacial score (nSPS) is 34.5. The first kappa shape index (κ1) is 8.00. The second-order valence-corrected chi connectivity index (χ2v) is 1.99. The van der Waals surface area contributed by atoms with E-state index in [0.717, 1.165) is 0 Å². The van der Waals surface area contributed by atoms with Crippen LogP contribution >= 0.6 is 0 Å². The van der Waals surface area contributed by atoms with Crippen LogP contribution in [0, 0.1) is 11.8 Å². The van der Waals surface area contributed by atoms with Crippen LogP contribution in [0.1, 0.15) is 40.5 Å². The van der Waals surface area contributed by atoms with E-state index < -0.39 is 0 Å². The van der Waals surface area contributed by atoms with Gasteiger partial charge in [-0.2, -0.15) is 0 Å². The van der Waals surface area contributed by atoms with Crippen molar-refractivity contribution in [2.75, 3.05) is 0 Å². The van der Waals surface area contributed by atoms with Crippen LogP contribution < -0.4 is 0 Å². The van der Waals surface area contributed by atoms with Crippen LogP contribution in [0.2, 0.25) is 0 Å². The Kier molecular flexibility index (Phi) is 3.94. The van der Waals surface area contributed by atoms with E-state index in [1.807, 2.05) is 27.7 Å². The Hall–Kier alpha value is 0. The van der Waals surface area contributed by atoms with Crippen LogP contribution in [0.25, 0.3) is 0 Å². The van der Waals surface area contributed by atoms with Gasteiger partial charge in [-0.05, 0) is 24.7 Å². The van der Waals surface area contributed by atoms with Crippen molar-refractivity contribution in [2.24, 2.45) is 11.8 Å². The van der Waals surface area contributed by atoms with Gasteiger partial charge in [0, 0.05) is 0 Å². The topological polar surface area (TPSA) is 0 Å². The van der Waals surface area contributed by atoms with Crippen molar-refractivity contribution in [3.05, 3.63) is 0 Å². The quantitative estimate of drug-likeness (QED) is 0.454. The summed E-state index contributed by atoms with van der Waals surface area (Å²) in [5, 5.41) is 0. The van der Waals surface area contributed by atoms with Crippen molar-refractivity contribution in [2.45, 2.75) is 40.5 Å². The molecule has 0 amide bonds. The van der Waals surface area contributed by atoms with Crippen LogP contribution in [0.15, 0.2) is 0 Å². The molecule has 2 aliphatic carbocycles. The van der Waals surface area contributed by atoms with E-state index in [1.165, 1.54) is 11.8 Å². The van der Waals surface area contributed by atoms with E-state index in [-0.39, 0.29) is 0 Å². The van der Waals surface area contributed by atoms with Gasteiger partial charge in [0.15, 0.2) is 0 Å². The average Bonchev–Trinajstić information content (AvgIpc) is 2.59. The predicted octanol–water partition coefficient (Wildman–Crippen LogP) is 3.08. The van der Waals surface area contributed by atoms with E-state index in [4.69, 9.17) is 0 Å². The van der Waals surface area contributed by atoms with Gasteiger partial charge in [-0.25, -0.2) is 0 Å². The minimum atomic E-state index is 1.25. The third-order valence-electron chi connectivity index (χ3n) is 1.47. The first-order chi connectivity index (χ1) is 3.97. The van der Waals surface area contributed by atoms with E-state index in [9.17, 15) is 0 Å². The Bertz CT molecular complexity index is 36.0. The minimum absolute atomic E-state index is 1.25. The molecule has 0 N–H and O–H groups in total. The van der Waals surface area contributed by atoms with Crippen molar-refractivity contribution in [1.29, 1.82) is 0 Å². The predicted molar refractivity (Wildman–Crippen MR) is 38.9 cm³/mol. The highest BCUT2D eigenvalue weighted by Crippen LogP contribution is 2.62. The molecule has 0 atom stereocenters. The summed E-state index contributed by atoms with van der Waals surface area (Å²) in [6.45, 7) is 8.00. The lowest BCUT2D eigenvalue weighted by molar-refractivity contribution is 0.915. The molecular weight excluding hydrogens is 96.1 g/mol. The van der Waals surface area contributed by atoms with Crippen LogP contribution in [0.3, 0.4) is 0 Å². The zero-order chi connectivity index (χ0) is 6.57. The van der Waals surface area contributed by atoms with Crippen LogP contribution in [-0.2, 0) is 0 Å². The van der Waals surface area contributed by atoms with Gasteiger partial charge < -0.3 is 0 Å². The molecule has 0 spiro atoms. The highest BCUT2D eigenvalue weighted by Gasteiger charge is 2.52. The molecule has 2 rings (SSSR count). The summed E-state index contributed by atoms with van der Waals surface area (Å²) in [6.07, 6.45) is 3.17. The maximum atomic E-state index is 2.00. The van der Waals surface area contributed by atoms with Crippen molar-refractivity contribution in [3.63, 3.8) is 0 Å². The molecular formula is C8H18. The third kappa shape index (κ3) is 2.34. The van der Waals surface area contributed by atoms with Gasteiger partial charge in [-0.3, -0.25) is 0 Å². The fourth-order valence-electron chi connectivity index (χ4n) is 0.552. The second-order valence-electron chi connectivity index (χ2n) is 1.99. The maximum absolute atomic E-state index is 2.00. The monoisotopic (exact) mass is 114 g/mol. The van der Waals surface area contributed by atoms with Gasteiger partial charge in [0.2, 0.25) is 0 Å². The molecule has 2 fully saturated rings. The highest BCUT2D eigenvalue weighted by atomic mass is 14.6. The molecule has 0 aromatic heterocycles. The van der Waals surface area contributed by atoms with Crippen LogP contribution in [0.4, 0.5) is 0 Å². The standard InChI is InChI=1S/C4H6.2C2H6/c1-3-2-4(1)3;2*1-2/h3-4H,1-2H2;2*1-2H3. The molecule has 0 heteroatoms. The molecule has 2 saturated carbocycles. The smallest absolute Gasteiger partial charge is 0.0380 e. The lowest BCUT2D eigenvalue weighted by Crippen LogP contribution is -1.47. The Balaban J connectivity index is 0.000000111. The molecule has 0 nitrogen and oxygen atoms in total. The Morgan fingerprint density at radius 3 is 0.875 bits per heavy atom. The number of rotatable bonds is 0.